The van der Waals surface area contributed by atoms with Gasteiger partial charge in [0.1, 0.15) is 10.6 Å². The van der Waals surface area contributed by atoms with Crippen LogP contribution in [0.4, 0.5) is 5.95 Å². The lowest BCUT2D eigenvalue weighted by molar-refractivity contribution is 0.354. The largest absolute Gasteiger partial charge is 0.493 e. The quantitative estimate of drug-likeness (QED) is 0.357. The number of hydrogen-bond acceptors (Lipinski definition) is 7. The minimum Gasteiger partial charge on any atom is -0.493 e. The van der Waals surface area contributed by atoms with E-state index in [-0.39, 0.29) is 5.56 Å². The maximum atomic E-state index is 13.7. The van der Waals surface area contributed by atoms with E-state index < -0.39 is 0 Å². The highest BCUT2D eigenvalue weighted by Gasteiger charge is 2.22. The Hall–Kier alpha value is -3.26. The average molecular weight is 480 g/mol. The molecule has 0 aliphatic heterocycles. The Kier molecular flexibility index (Phi) is 6.58. The van der Waals surface area contributed by atoms with Gasteiger partial charge in [-0.05, 0) is 67.5 Å². The molecule has 34 heavy (non-hydrogen) atoms. The highest BCUT2D eigenvalue weighted by atomic mass is 32.1. The number of ether oxygens (including phenoxy) is 2. The van der Waals surface area contributed by atoms with Crippen LogP contribution < -0.4 is 20.3 Å². The lowest BCUT2D eigenvalue weighted by Gasteiger charge is -2.14. The predicted molar refractivity (Wildman–Crippen MR) is 135 cm³/mol. The summed E-state index contributed by atoms with van der Waals surface area (Å²) in [5.74, 6) is 2.71. The number of anilines is 1. The van der Waals surface area contributed by atoms with E-state index in [2.05, 4.69) is 5.32 Å². The molecule has 0 atom stereocenters. The predicted octanol–water partition coefficient (Wildman–Crippen LogP) is 5.04. The average Bonchev–Trinajstić information content (AvgIpc) is 3.43. The molecule has 5 rings (SSSR count). The smallest absolute Gasteiger partial charge is 0.264 e. The van der Waals surface area contributed by atoms with E-state index >= 15 is 0 Å². The van der Waals surface area contributed by atoms with Crippen molar-refractivity contribution in [2.45, 2.75) is 45.1 Å². The number of methoxy groups -OCH3 is 2. The van der Waals surface area contributed by atoms with E-state index in [9.17, 15) is 4.79 Å². The molecule has 0 unspecified atom stereocenters. The maximum Gasteiger partial charge on any atom is 0.264 e. The van der Waals surface area contributed by atoms with Gasteiger partial charge in [-0.3, -0.25) is 9.36 Å². The third-order valence-corrected chi connectivity index (χ3v) is 7.55. The molecule has 0 fully saturated rings. The van der Waals surface area contributed by atoms with Crippen LogP contribution >= 0.6 is 11.3 Å². The van der Waals surface area contributed by atoms with Crippen LogP contribution in [-0.2, 0) is 25.8 Å². The number of aromatic nitrogens is 2. The minimum atomic E-state index is 0.00872. The Labute approximate surface area is 202 Å². The first kappa shape index (κ1) is 22.5. The van der Waals surface area contributed by atoms with Gasteiger partial charge in [0.15, 0.2) is 11.5 Å². The van der Waals surface area contributed by atoms with Gasteiger partial charge in [-0.1, -0.05) is 12.5 Å². The summed E-state index contributed by atoms with van der Waals surface area (Å²) in [6.45, 7) is 0.967. The van der Waals surface area contributed by atoms with Gasteiger partial charge < -0.3 is 19.2 Å². The topological polar surface area (TPSA) is 78.5 Å². The number of thiophene rings is 1. The van der Waals surface area contributed by atoms with Gasteiger partial charge in [-0.2, -0.15) is 0 Å². The van der Waals surface area contributed by atoms with Crippen molar-refractivity contribution in [2.75, 3.05) is 26.1 Å². The monoisotopic (exact) mass is 479 g/mol. The zero-order chi connectivity index (χ0) is 23.5. The van der Waals surface area contributed by atoms with Gasteiger partial charge in [0.05, 0.1) is 32.4 Å². The summed E-state index contributed by atoms with van der Waals surface area (Å²) in [7, 11) is 3.26. The molecule has 0 bridgehead atoms. The number of fused-ring (bicyclic) bond motifs is 3. The molecule has 1 aliphatic rings. The Bertz CT molecular complexity index is 1340. The number of hydrogen-bond donors (Lipinski definition) is 1. The van der Waals surface area contributed by atoms with E-state index in [1.165, 1.54) is 23.3 Å². The van der Waals surface area contributed by atoms with E-state index in [1.807, 2.05) is 30.3 Å². The number of aryl methyl sites for hydroxylation is 2. The van der Waals surface area contributed by atoms with Crippen molar-refractivity contribution in [3.8, 4) is 11.5 Å². The highest BCUT2D eigenvalue weighted by molar-refractivity contribution is 7.18. The fraction of sp³-hybridized carbons (Fsp3) is 0.385. The Balaban J connectivity index is 1.46. The first-order valence-electron chi connectivity index (χ1n) is 11.7. The summed E-state index contributed by atoms with van der Waals surface area (Å²) in [6.07, 6.45) is 7.89. The molecule has 0 radical (unpaired) electrons. The molecule has 8 heteroatoms. The summed E-state index contributed by atoms with van der Waals surface area (Å²) in [6, 6.07) is 9.63. The van der Waals surface area contributed by atoms with E-state index in [0.29, 0.717) is 30.5 Å². The van der Waals surface area contributed by atoms with Crippen molar-refractivity contribution < 1.29 is 13.9 Å². The van der Waals surface area contributed by atoms with Gasteiger partial charge in [-0.15, -0.1) is 11.3 Å². The normalized spacial score (nSPS) is 13.5. The van der Waals surface area contributed by atoms with Crippen molar-refractivity contribution in [3.63, 3.8) is 0 Å². The molecule has 1 aliphatic carbocycles. The second kappa shape index (κ2) is 9.93. The molecule has 4 aromatic rings. The highest BCUT2D eigenvalue weighted by Crippen LogP contribution is 2.34. The van der Waals surface area contributed by atoms with Crippen LogP contribution in [0.25, 0.3) is 10.2 Å². The number of nitrogens with one attached hydrogen (secondary N) is 1. The zero-order valence-electron chi connectivity index (χ0n) is 19.6. The van der Waals surface area contributed by atoms with Crippen molar-refractivity contribution in [1.29, 1.82) is 0 Å². The van der Waals surface area contributed by atoms with Crippen LogP contribution in [0.3, 0.4) is 0 Å². The van der Waals surface area contributed by atoms with E-state index in [4.69, 9.17) is 18.9 Å². The standard InChI is InChI=1S/C26H29N3O4S/c1-31-20-11-10-17(15-21(20)32-2)12-13-27-26-28-24-23(19-8-4-3-5-9-22(19)34-24)25(30)29(26)16-18-7-6-14-33-18/h6-7,10-11,14-15H,3-5,8-9,12-13,16H2,1-2H3,(H,27,28). The molecule has 0 saturated carbocycles. The summed E-state index contributed by atoms with van der Waals surface area (Å²) in [5, 5.41) is 4.20. The molecule has 178 valence electrons. The van der Waals surface area contributed by atoms with Crippen LogP contribution in [-0.4, -0.2) is 30.3 Å². The van der Waals surface area contributed by atoms with Crippen LogP contribution in [0, 0.1) is 0 Å². The van der Waals surface area contributed by atoms with Crippen LogP contribution in [0.15, 0.2) is 45.8 Å². The Morgan fingerprint density at radius 3 is 2.76 bits per heavy atom. The number of nitrogens with zero attached hydrogens (tertiary/aromatic N) is 2. The number of rotatable bonds is 8. The zero-order valence-corrected chi connectivity index (χ0v) is 20.4. The lowest BCUT2D eigenvalue weighted by atomic mass is 10.1. The van der Waals surface area contributed by atoms with Gasteiger partial charge in [0.25, 0.3) is 5.56 Å². The maximum absolute atomic E-state index is 13.7. The first-order valence-corrected chi connectivity index (χ1v) is 12.5. The Morgan fingerprint density at radius 2 is 1.97 bits per heavy atom. The second-order valence-corrected chi connectivity index (χ2v) is 9.60. The molecule has 0 amide bonds. The number of furan rings is 1. The first-order chi connectivity index (χ1) is 16.7. The molecule has 0 saturated heterocycles. The van der Waals surface area contributed by atoms with E-state index in [1.54, 1.807) is 36.4 Å². The molecule has 0 spiro atoms. The van der Waals surface area contributed by atoms with Crippen LogP contribution in [0.2, 0.25) is 0 Å². The van der Waals surface area contributed by atoms with Crippen molar-refractivity contribution in [3.05, 3.63) is 68.7 Å². The third-order valence-electron chi connectivity index (χ3n) is 6.36. The number of benzene rings is 1. The molecule has 3 aromatic heterocycles. The molecule has 7 nitrogen and oxygen atoms in total. The van der Waals surface area contributed by atoms with Crippen LogP contribution in [0.5, 0.6) is 11.5 Å². The van der Waals surface area contributed by atoms with Crippen LogP contribution in [0.1, 0.15) is 41.0 Å². The second-order valence-electron chi connectivity index (χ2n) is 8.52. The Morgan fingerprint density at radius 1 is 1.12 bits per heavy atom. The molecule has 1 N–H and O–H groups in total. The van der Waals surface area contributed by atoms with Gasteiger partial charge in [0, 0.05) is 11.4 Å². The van der Waals surface area contributed by atoms with Crippen molar-refractivity contribution >= 4 is 27.5 Å². The lowest BCUT2D eigenvalue weighted by Crippen LogP contribution is -2.26. The van der Waals surface area contributed by atoms with Crippen molar-refractivity contribution in [2.24, 2.45) is 0 Å². The molecular formula is C26H29N3O4S. The van der Waals surface area contributed by atoms with Gasteiger partial charge >= 0.3 is 0 Å². The fourth-order valence-electron chi connectivity index (χ4n) is 4.61. The van der Waals surface area contributed by atoms with Gasteiger partial charge in [0.2, 0.25) is 5.95 Å². The summed E-state index contributed by atoms with van der Waals surface area (Å²) in [4.78, 5) is 20.8. The summed E-state index contributed by atoms with van der Waals surface area (Å²) < 4.78 is 18.0. The summed E-state index contributed by atoms with van der Waals surface area (Å²) in [5.41, 5.74) is 2.32. The summed E-state index contributed by atoms with van der Waals surface area (Å²) >= 11 is 1.68. The molecule has 1 aromatic carbocycles. The molecule has 3 heterocycles. The molecular weight excluding hydrogens is 450 g/mol. The SMILES string of the molecule is COc1ccc(CCNc2nc3sc4c(c3c(=O)n2Cc2ccco2)CCCCC4)cc1OC. The van der Waals surface area contributed by atoms with Gasteiger partial charge in [-0.25, -0.2) is 4.98 Å². The minimum absolute atomic E-state index is 0.00872. The van der Waals surface area contributed by atoms with E-state index in [0.717, 1.165) is 47.2 Å². The third kappa shape index (κ3) is 4.42. The van der Waals surface area contributed by atoms with Crippen molar-refractivity contribution in [1.82, 2.24) is 9.55 Å². The fourth-order valence-corrected chi connectivity index (χ4v) is 5.86.